The molecule has 0 fully saturated rings. The molecule has 0 spiro atoms. The average Bonchev–Trinajstić information content (AvgIpc) is 2.34. The molecule has 0 aliphatic rings. The molecule has 0 aliphatic carbocycles. The minimum absolute atomic E-state index is 0.455. The number of carbonyl (C=O) groups excluding carboxylic acids is 2. The third-order valence-corrected chi connectivity index (χ3v) is 2.02. The smallest absolute Gasteiger partial charge is 0.325 e. The van der Waals surface area contributed by atoms with Gasteiger partial charge in [-0.1, -0.05) is 0 Å². The summed E-state index contributed by atoms with van der Waals surface area (Å²) in [6.07, 6.45) is 0. The summed E-state index contributed by atoms with van der Waals surface area (Å²) in [4.78, 5) is 32.2. The molecule has 1 aromatic carbocycles. The lowest BCUT2D eigenvalue weighted by atomic mass is 10.1. The van der Waals surface area contributed by atoms with Crippen molar-refractivity contribution in [3.05, 3.63) is 39.7 Å². The molecular formula is C10H9FN2O5. The fourth-order valence-electron chi connectivity index (χ4n) is 1.17. The molecule has 0 aromatic heterocycles. The van der Waals surface area contributed by atoms with Crippen molar-refractivity contribution in [2.75, 3.05) is 13.7 Å². The van der Waals surface area contributed by atoms with E-state index in [-0.39, 0.29) is 0 Å². The Morgan fingerprint density at radius 1 is 1.50 bits per heavy atom. The summed E-state index contributed by atoms with van der Waals surface area (Å²) in [7, 11) is 1.12. The van der Waals surface area contributed by atoms with Gasteiger partial charge >= 0.3 is 5.97 Å². The Hall–Kier alpha value is -2.51. The topological polar surface area (TPSA) is 98.5 Å². The monoisotopic (exact) mass is 256 g/mol. The van der Waals surface area contributed by atoms with Crippen molar-refractivity contribution < 1.29 is 23.6 Å². The lowest BCUT2D eigenvalue weighted by Gasteiger charge is -2.04. The zero-order chi connectivity index (χ0) is 13.7. The summed E-state index contributed by atoms with van der Waals surface area (Å²) in [5, 5.41) is 12.7. The van der Waals surface area contributed by atoms with Crippen molar-refractivity contribution in [1.82, 2.24) is 5.32 Å². The van der Waals surface area contributed by atoms with E-state index in [0.29, 0.717) is 0 Å². The SMILES string of the molecule is COC(=O)CNC(=O)c1cc(F)ccc1[N+](=O)[O-]. The van der Waals surface area contributed by atoms with Gasteiger partial charge < -0.3 is 10.1 Å². The van der Waals surface area contributed by atoms with Gasteiger partial charge in [-0.2, -0.15) is 0 Å². The Morgan fingerprint density at radius 2 is 2.17 bits per heavy atom. The van der Waals surface area contributed by atoms with Gasteiger partial charge in [-0.3, -0.25) is 19.7 Å². The largest absolute Gasteiger partial charge is 0.468 e. The number of amides is 1. The second kappa shape index (κ2) is 5.71. The number of nitro benzene ring substituents is 1. The molecule has 18 heavy (non-hydrogen) atoms. The van der Waals surface area contributed by atoms with Gasteiger partial charge in [-0.05, 0) is 12.1 Å². The number of rotatable bonds is 4. The van der Waals surface area contributed by atoms with Crippen LogP contribution in [0, 0.1) is 15.9 Å². The molecule has 7 nitrogen and oxygen atoms in total. The maximum Gasteiger partial charge on any atom is 0.325 e. The first-order chi connectivity index (χ1) is 8.45. The van der Waals surface area contributed by atoms with E-state index in [4.69, 9.17) is 0 Å². The highest BCUT2D eigenvalue weighted by molar-refractivity contribution is 5.99. The summed E-state index contributed by atoms with van der Waals surface area (Å²) in [5.41, 5.74) is -0.998. The van der Waals surface area contributed by atoms with E-state index < -0.39 is 40.4 Å². The molecule has 1 N–H and O–H groups in total. The first kappa shape index (κ1) is 13.6. The highest BCUT2D eigenvalue weighted by Crippen LogP contribution is 2.19. The summed E-state index contributed by atoms with van der Waals surface area (Å²) in [6.45, 7) is -0.455. The Labute approximate surface area is 101 Å². The van der Waals surface area contributed by atoms with Crippen LogP contribution in [0.3, 0.4) is 0 Å². The van der Waals surface area contributed by atoms with Gasteiger partial charge in [-0.25, -0.2) is 4.39 Å². The number of ether oxygens (including phenoxy) is 1. The number of hydrogen-bond acceptors (Lipinski definition) is 5. The van der Waals surface area contributed by atoms with Crippen LogP contribution >= 0.6 is 0 Å². The van der Waals surface area contributed by atoms with E-state index >= 15 is 0 Å². The van der Waals surface area contributed by atoms with Crippen LogP contribution in [0.15, 0.2) is 18.2 Å². The number of nitrogens with one attached hydrogen (secondary N) is 1. The molecule has 1 amide bonds. The average molecular weight is 256 g/mol. The summed E-state index contributed by atoms with van der Waals surface area (Å²) in [5.74, 6) is -2.43. The summed E-state index contributed by atoms with van der Waals surface area (Å²) < 4.78 is 17.2. The van der Waals surface area contributed by atoms with Crippen LogP contribution < -0.4 is 5.32 Å². The van der Waals surface area contributed by atoms with E-state index in [0.717, 1.165) is 25.3 Å². The van der Waals surface area contributed by atoms with Gasteiger partial charge in [-0.15, -0.1) is 0 Å². The summed E-state index contributed by atoms with van der Waals surface area (Å²) >= 11 is 0. The quantitative estimate of drug-likeness (QED) is 0.484. The molecule has 0 aliphatic heterocycles. The predicted octanol–water partition coefficient (Wildman–Crippen LogP) is 0.637. The zero-order valence-electron chi connectivity index (χ0n) is 9.31. The van der Waals surface area contributed by atoms with E-state index in [1.165, 1.54) is 0 Å². The first-order valence-corrected chi connectivity index (χ1v) is 4.74. The molecule has 8 heteroatoms. The van der Waals surface area contributed by atoms with Crippen molar-refractivity contribution in [3.8, 4) is 0 Å². The van der Waals surface area contributed by atoms with Gasteiger partial charge in [0.25, 0.3) is 11.6 Å². The minimum atomic E-state index is -0.924. The van der Waals surface area contributed by atoms with Crippen LogP contribution in [0.4, 0.5) is 10.1 Å². The van der Waals surface area contributed by atoms with E-state index in [9.17, 15) is 24.1 Å². The fraction of sp³-hybridized carbons (Fsp3) is 0.200. The fourth-order valence-corrected chi connectivity index (χ4v) is 1.17. The second-order valence-electron chi connectivity index (χ2n) is 3.18. The molecule has 0 atom stereocenters. The maximum absolute atomic E-state index is 12.9. The predicted molar refractivity (Wildman–Crippen MR) is 57.4 cm³/mol. The number of esters is 1. The number of halogens is 1. The van der Waals surface area contributed by atoms with Gasteiger partial charge in [0.05, 0.1) is 12.0 Å². The molecular weight excluding hydrogens is 247 g/mol. The third kappa shape index (κ3) is 3.24. The van der Waals surface area contributed by atoms with Crippen LogP contribution in [0.1, 0.15) is 10.4 Å². The molecule has 0 heterocycles. The zero-order valence-corrected chi connectivity index (χ0v) is 9.31. The van der Waals surface area contributed by atoms with Gasteiger partial charge in [0.15, 0.2) is 0 Å². The molecule has 0 saturated carbocycles. The lowest BCUT2D eigenvalue weighted by molar-refractivity contribution is -0.385. The number of nitro groups is 1. The van der Waals surface area contributed by atoms with Gasteiger partial charge in [0.2, 0.25) is 0 Å². The number of hydrogen-bond donors (Lipinski definition) is 1. The molecule has 1 aromatic rings. The maximum atomic E-state index is 12.9. The van der Waals surface area contributed by atoms with Crippen LogP contribution in [0.2, 0.25) is 0 Å². The molecule has 0 unspecified atom stereocenters. The van der Waals surface area contributed by atoms with E-state index in [2.05, 4.69) is 10.1 Å². The van der Waals surface area contributed by atoms with Crippen LogP contribution in [0.25, 0.3) is 0 Å². The van der Waals surface area contributed by atoms with E-state index in [1.54, 1.807) is 0 Å². The Balaban J connectivity index is 2.93. The van der Waals surface area contributed by atoms with Crippen molar-refractivity contribution in [1.29, 1.82) is 0 Å². The van der Waals surface area contributed by atoms with Crippen LogP contribution in [0.5, 0.6) is 0 Å². The Kier molecular flexibility index (Phi) is 4.30. The van der Waals surface area contributed by atoms with Crippen molar-refractivity contribution in [2.24, 2.45) is 0 Å². The van der Waals surface area contributed by atoms with Crippen molar-refractivity contribution >= 4 is 17.6 Å². The standard InChI is InChI=1S/C10H9FN2O5/c1-18-9(14)5-12-10(15)7-4-6(11)2-3-8(7)13(16)17/h2-4H,5H2,1H3,(H,12,15). The number of carbonyl (C=O) groups is 2. The van der Waals surface area contributed by atoms with Crippen molar-refractivity contribution in [3.63, 3.8) is 0 Å². The number of nitrogens with zero attached hydrogens (tertiary/aromatic N) is 1. The normalized spacial score (nSPS) is 9.67. The van der Waals surface area contributed by atoms with Crippen molar-refractivity contribution in [2.45, 2.75) is 0 Å². The number of methoxy groups -OCH3 is 1. The Bertz CT molecular complexity index is 503. The van der Waals surface area contributed by atoms with Gasteiger partial charge in [0, 0.05) is 6.07 Å². The Morgan fingerprint density at radius 3 is 2.72 bits per heavy atom. The highest BCUT2D eigenvalue weighted by Gasteiger charge is 2.21. The van der Waals surface area contributed by atoms with E-state index in [1.807, 2.05) is 0 Å². The molecule has 0 saturated heterocycles. The minimum Gasteiger partial charge on any atom is -0.468 e. The third-order valence-electron chi connectivity index (χ3n) is 2.02. The molecule has 0 radical (unpaired) electrons. The second-order valence-corrected chi connectivity index (χ2v) is 3.18. The van der Waals surface area contributed by atoms with Crippen LogP contribution in [-0.4, -0.2) is 30.5 Å². The highest BCUT2D eigenvalue weighted by atomic mass is 19.1. The lowest BCUT2D eigenvalue weighted by Crippen LogP contribution is -2.30. The first-order valence-electron chi connectivity index (χ1n) is 4.74. The molecule has 0 bridgehead atoms. The molecule has 96 valence electrons. The number of benzene rings is 1. The van der Waals surface area contributed by atoms with Crippen LogP contribution in [-0.2, 0) is 9.53 Å². The molecule has 1 rings (SSSR count). The summed E-state index contributed by atoms with van der Waals surface area (Å²) in [6, 6.07) is 2.47. The van der Waals surface area contributed by atoms with Gasteiger partial charge in [0.1, 0.15) is 17.9 Å².